The van der Waals surface area contributed by atoms with E-state index in [1.54, 1.807) is 6.20 Å². The van der Waals surface area contributed by atoms with Gasteiger partial charge in [0.25, 0.3) is 0 Å². The Hall–Kier alpha value is -1.34. The first-order valence-electron chi connectivity index (χ1n) is 4.01. The van der Waals surface area contributed by atoms with Crippen LogP contribution in [0.1, 0.15) is 5.82 Å². The van der Waals surface area contributed by atoms with E-state index in [1.807, 2.05) is 12.1 Å². The maximum Gasteiger partial charge on any atom is 0.208 e. The Bertz CT molecular complexity index is 509. The van der Waals surface area contributed by atoms with E-state index in [-0.39, 0.29) is 4.99 Å². The molecule has 0 aliphatic rings. The molecular weight excluding hydrogens is 278 g/mol. The van der Waals surface area contributed by atoms with E-state index in [9.17, 15) is 0 Å². The summed E-state index contributed by atoms with van der Waals surface area (Å²) < 4.78 is 2.34. The molecule has 15 heavy (non-hydrogen) atoms. The van der Waals surface area contributed by atoms with Gasteiger partial charge in [0.05, 0.1) is 4.47 Å². The van der Waals surface area contributed by atoms with Crippen LogP contribution in [0.4, 0.5) is 0 Å². The highest BCUT2D eigenvalue weighted by Gasteiger charge is 2.07. The van der Waals surface area contributed by atoms with E-state index in [1.165, 1.54) is 11.0 Å². The highest BCUT2D eigenvalue weighted by molar-refractivity contribution is 9.10. The fourth-order valence-corrected chi connectivity index (χ4v) is 1.55. The van der Waals surface area contributed by atoms with Gasteiger partial charge in [-0.2, -0.15) is 0 Å². The number of nitrogens with zero attached hydrogens (tertiary/aromatic N) is 4. The van der Waals surface area contributed by atoms with Gasteiger partial charge in [0.1, 0.15) is 11.3 Å². The van der Waals surface area contributed by atoms with Crippen molar-refractivity contribution in [2.75, 3.05) is 0 Å². The van der Waals surface area contributed by atoms with Gasteiger partial charge in [-0.3, -0.25) is 0 Å². The predicted molar refractivity (Wildman–Crippen MR) is 62.7 cm³/mol. The Labute approximate surface area is 99.5 Å². The van der Waals surface area contributed by atoms with E-state index in [0.29, 0.717) is 11.6 Å². The summed E-state index contributed by atoms with van der Waals surface area (Å²) in [6.07, 6.45) is 3.18. The third-order valence-electron chi connectivity index (χ3n) is 1.67. The first-order valence-corrected chi connectivity index (χ1v) is 5.21. The molecule has 0 unspecified atom stereocenters. The first-order chi connectivity index (χ1) is 7.18. The number of thiocarbonyl (C=S) groups is 1. The van der Waals surface area contributed by atoms with E-state index < -0.39 is 0 Å². The molecule has 76 valence electrons. The average Bonchev–Trinajstić information content (AvgIpc) is 2.67. The summed E-state index contributed by atoms with van der Waals surface area (Å²) in [4.78, 5) is 8.28. The van der Waals surface area contributed by atoms with Gasteiger partial charge in [0.2, 0.25) is 5.82 Å². The number of halogens is 1. The van der Waals surface area contributed by atoms with Crippen LogP contribution < -0.4 is 5.73 Å². The van der Waals surface area contributed by atoms with Crippen molar-refractivity contribution in [3.63, 3.8) is 0 Å². The topological polar surface area (TPSA) is 69.6 Å². The summed E-state index contributed by atoms with van der Waals surface area (Å²) in [7, 11) is 0. The van der Waals surface area contributed by atoms with Crippen LogP contribution in [0.3, 0.4) is 0 Å². The van der Waals surface area contributed by atoms with Gasteiger partial charge in [-0.15, -0.1) is 5.10 Å². The standard InChI is InChI=1S/C8H6BrN5S/c9-5-2-1-3-11-8(5)14-4-12-7(13-14)6(10)15/h1-4H,(H2,10,15). The molecule has 0 saturated carbocycles. The summed E-state index contributed by atoms with van der Waals surface area (Å²) >= 11 is 8.13. The Kier molecular flexibility index (Phi) is 2.74. The molecule has 7 heteroatoms. The quantitative estimate of drug-likeness (QED) is 0.835. The number of hydrogen-bond donors (Lipinski definition) is 1. The van der Waals surface area contributed by atoms with Gasteiger partial charge < -0.3 is 5.73 Å². The zero-order chi connectivity index (χ0) is 10.8. The third-order valence-corrected chi connectivity index (χ3v) is 2.47. The Balaban J connectivity index is 2.46. The molecule has 0 fully saturated rings. The van der Waals surface area contributed by atoms with Crippen LogP contribution in [0.15, 0.2) is 29.1 Å². The van der Waals surface area contributed by atoms with Crippen molar-refractivity contribution in [3.8, 4) is 5.82 Å². The van der Waals surface area contributed by atoms with Crippen LogP contribution in [-0.2, 0) is 0 Å². The van der Waals surface area contributed by atoms with Gasteiger partial charge in [-0.05, 0) is 28.1 Å². The second-order valence-electron chi connectivity index (χ2n) is 2.69. The molecule has 2 N–H and O–H groups in total. The van der Waals surface area contributed by atoms with Crippen LogP contribution in [0.2, 0.25) is 0 Å². The molecule has 0 amide bonds. The lowest BCUT2D eigenvalue weighted by Crippen LogP contribution is -2.12. The molecule has 2 heterocycles. The maximum absolute atomic E-state index is 5.40. The minimum Gasteiger partial charge on any atom is -0.387 e. The fourth-order valence-electron chi connectivity index (χ4n) is 1.02. The minimum atomic E-state index is 0.167. The molecule has 0 aliphatic carbocycles. The zero-order valence-corrected chi connectivity index (χ0v) is 9.86. The third kappa shape index (κ3) is 2.02. The second kappa shape index (κ2) is 4.03. The van der Waals surface area contributed by atoms with Crippen molar-refractivity contribution in [2.45, 2.75) is 0 Å². The SMILES string of the molecule is NC(=S)c1ncn(-c2ncccc2Br)n1. The van der Waals surface area contributed by atoms with E-state index in [2.05, 4.69) is 31.0 Å². The van der Waals surface area contributed by atoms with Crippen molar-refractivity contribution >= 4 is 33.1 Å². The molecule has 0 radical (unpaired) electrons. The van der Waals surface area contributed by atoms with Crippen molar-refractivity contribution in [3.05, 3.63) is 35.0 Å². The highest BCUT2D eigenvalue weighted by atomic mass is 79.9. The normalized spacial score (nSPS) is 10.2. The number of pyridine rings is 1. The number of rotatable bonds is 2. The van der Waals surface area contributed by atoms with Gasteiger partial charge in [0.15, 0.2) is 5.82 Å². The smallest absolute Gasteiger partial charge is 0.208 e. The molecule has 0 aliphatic heterocycles. The van der Waals surface area contributed by atoms with Crippen LogP contribution in [0, 0.1) is 0 Å². The van der Waals surface area contributed by atoms with Crippen LogP contribution >= 0.6 is 28.1 Å². The molecule has 2 rings (SSSR count). The highest BCUT2D eigenvalue weighted by Crippen LogP contribution is 2.16. The zero-order valence-electron chi connectivity index (χ0n) is 7.46. The molecule has 5 nitrogen and oxygen atoms in total. The van der Waals surface area contributed by atoms with Crippen LogP contribution in [-0.4, -0.2) is 24.7 Å². The first kappa shape index (κ1) is 10.2. The Morgan fingerprint density at radius 3 is 2.87 bits per heavy atom. The van der Waals surface area contributed by atoms with Crippen molar-refractivity contribution < 1.29 is 0 Å². The minimum absolute atomic E-state index is 0.167. The van der Waals surface area contributed by atoms with E-state index >= 15 is 0 Å². The lowest BCUT2D eigenvalue weighted by atomic mass is 10.5. The van der Waals surface area contributed by atoms with Crippen LogP contribution in [0.25, 0.3) is 5.82 Å². The Morgan fingerprint density at radius 1 is 1.47 bits per heavy atom. The van der Waals surface area contributed by atoms with Gasteiger partial charge in [0, 0.05) is 6.20 Å². The summed E-state index contributed by atoms with van der Waals surface area (Å²) in [5.41, 5.74) is 5.40. The Morgan fingerprint density at radius 2 is 2.27 bits per heavy atom. The molecule has 0 atom stereocenters. The summed E-state index contributed by atoms with van der Waals surface area (Å²) in [5.74, 6) is 0.982. The van der Waals surface area contributed by atoms with Crippen LogP contribution in [0.5, 0.6) is 0 Å². The predicted octanol–water partition coefficient (Wildman–Crippen LogP) is 1.06. The van der Waals surface area contributed by atoms with E-state index in [0.717, 1.165) is 4.47 Å². The lowest BCUT2D eigenvalue weighted by molar-refractivity contribution is 0.837. The summed E-state index contributed by atoms with van der Waals surface area (Å²) in [6, 6.07) is 3.68. The number of aromatic nitrogens is 4. The second-order valence-corrected chi connectivity index (χ2v) is 3.98. The van der Waals surface area contributed by atoms with Crippen molar-refractivity contribution in [1.82, 2.24) is 19.7 Å². The number of hydrogen-bond acceptors (Lipinski definition) is 4. The molecular formula is C8H6BrN5S. The molecule has 2 aromatic rings. The van der Waals surface area contributed by atoms with Gasteiger partial charge in [-0.25, -0.2) is 14.6 Å². The molecule has 2 aromatic heterocycles. The molecule has 0 spiro atoms. The monoisotopic (exact) mass is 283 g/mol. The molecule has 0 saturated heterocycles. The maximum atomic E-state index is 5.40. The number of nitrogens with two attached hydrogens (primary N) is 1. The van der Waals surface area contributed by atoms with E-state index in [4.69, 9.17) is 18.0 Å². The molecule has 0 aromatic carbocycles. The summed E-state index contributed by atoms with van der Waals surface area (Å²) in [5, 5.41) is 4.09. The molecule has 0 bridgehead atoms. The lowest BCUT2D eigenvalue weighted by Gasteiger charge is -2.00. The average molecular weight is 284 g/mol. The van der Waals surface area contributed by atoms with Crippen molar-refractivity contribution in [2.24, 2.45) is 5.73 Å². The van der Waals surface area contributed by atoms with Crippen molar-refractivity contribution in [1.29, 1.82) is 0 Å². The fraction of sp³-hybridized carbons (Fsp3) is 0. The summed E-state index contributed by atoms with van der Waals surface area (Å²) in [6.45, 7) is 0. The van der Waals surface area contributed by atoms with Gasteiger partial charge >= 0.3 is 0 Å². The largest absolute Gasteiger partial charge is 0.387 e. The van der Waals surface area contributed by atoms with Gasteiger partial charge in [-0.1, -0.05) is 12.2 Å².